The summed E-state index contributed by atoms with van der Waals surface area (Å²) in [5.41, 5.74) is 4.24. The van der Waals surface area contributed by atoms with E-state index in [2.05, 4.69) is 55.2 Å². The fraction of sp³-hybridized carbons (Fsp3) is 0.444. The highest BCUT2D eigenvalue weighted by atomic mass is 35.5. The van der Waals surface area contributed by atoms with Crippen LogP contribution in [0.5, 0.6) is 0 Å². The second-order valence-electron chi connectivity index (χ2n) is 9.77. The number of benzene rings is 1. The molecule has 1 amide bonds. The lowest BCUT2D eigenvalue weighted by Gasteiger charge is -2.40. The number of piperazine rings is 2. The van der Waals surface area contributed by atoms with Crippen LogP contribution in [0, 0.1) is 6.92 Å². The van der Waals surface area contributed by atoms with Gasteiger partial charge < -0.3 is 19.3 Å². The Morgan fingerprint density at radius 2 is 1.81 bits per heavy atom. The number of rotatable bonds is 5. The van der Waals surface area contributed by atoms with E-state index in [-0.39, 0.29) is 11.9 Å². The van der Waals surface area contributed by atoms with Crippen LogP contribution in [0.25, 0.3) is 0 Å². The molecule has 9 heteroatoms. The Kier molecular flexibility index (Phi) is 7.16. The number of para-hydroxylation sites is 1. The molecule has 36 heavy (non-hydrogen) atoms. The molecule has 0 unspecified atom stereocenters. The summed E-state index contributed by atoms with van der Waals surface area (Å²) < 4.78 is 2.05. The molecule has 1 aromatic carbocycles. The largest absolute Gasteiger partial charge is 0.368 e. The third-order valence-corrected chi connectivity index (χ3v) is 7.90. The molecule has 0 N–H and O–H groups in total. The predicted octanol–water partition coefficient (Wildman–Crippen LogP) is 3.45. The summed E-state index contributed by atoms with van der Waals surface area (Å²) in [5, 5.41) is 0.805. The molecule has 2 aliphatic rings. The SMILES string of the molecule is Cc1c(CN2CCN(c3ccccc3Cl)CC2)cc(C(=O)N2CCN(c3cnccn3)C[C@@H]2C)n1C. The smallest absolute Gasteiger partial charge is 0.270 e. The Morgan fingerprint density at radius 1 is 1.06 bits per heavy atom. The Hall–Kier alpha value is -3.10. The Balaban J connectivity index is 1.22. The predicted molar refractivity (Wildman–Crippen MR) is 144 cm³/mol. The summed E-state index contributed by atoms with van der Waals surface area (Å²) in [6.07, 6.45) is 5.18. The van der Waals surface area contributed by atoms with Crippen molar-refractivity contribution in [3.63, 3.8) is 0 Å². The number of anilines is 2. The molecule has 2 fully saturated rings. The van der Waals surface area contributed by atoms with Crippen molar-refractivity contribution in [1.82, 2.24) is 24.3 Å². The van der Waals surface area contributed by atoms with Crippen LogP contribution in [0.1, 0.15) is 28.7 Å². The molecule has 0 saturated carbocycles. The quantitative estimate of drug-likeness (QED) is 0.527. The number of carbonyl (C=O) groups is 1. The minimum absolute atomic E-state index is 0.0878. The molecule has 1 atom stereocenters. The molecule has 0 bridgehead atoms. The number of hydrogen-bond donors (Lipinski definition) is 0. The van der Waals surface area contributed by atoms with Crippen LogP contribution >= 0.6 is 11.6 Å². The first-order valence-electron chi connectivity index (χ1n) is 12.6. The average molecular weight is 508 g/mol. The van der Waals surface area contributed by atoms with Crippen molar-refractivity contribution >= 4 is 29.0 Å². The zero-order valence-corrected chi connectivity index (χ0v) is 22.0. The van der Waals surface area contributed by atoms with E-state index in [1.807, 2.05) is 30.1 Å². The number of halogens is 1. The van der Waals surface area contributed by atoms with Crippen molar-refractivity contribution in [2.75, 3.05) is 55.6 Å². The van der Waals surface area contributed by atoms with Gasteiger partial charge in [-0.1, -0.05) is 23.7 Å². The topological polar surface area (TPSA) is 60.7 Å². The number of aromatic nitrogens is 3. The maximum absolute atomic E-state index is 13.6. The van der Waals surface area contributed by atoms with E-state index < -0.39 is 0 Å². The molecular weight excluding hydrogens is 474 g/mol. The van der Waals surface area contributed by atoms with Gasteiger partial charge in [-0.3, -0.25) is 14.7 Å². The van der Waals surface area contributed by atoms with Gasteiger partial charge in [0.05, 0.1) is 16.9 Å². The molecule has 2 aliphatic heterocycles. The minimum Gasteiger partial charge on any atom is -0.368 e. The highest BCUT2D eigenvalue weighted by Gasteiger charge is 2.31. The van der Waals surface area contributed by atoms with E-state index in [1.165, 1.54) is 5.56 Å². The van der Waals surface area contributed by atoms with Crippen molar-refractivity contribution in [3.8, 4) is 0 Å². The van der Waals surface area contributed by atoms with E-state index in [0.717, 1.165) is 73.7 Å². The molecule has 3 aromatic rings. The van der Waals surface area contributed by atoms with Crippen LogP contribution in [0.3, 0.4) is 0 Å². The summed E-state index contributed by atoms with van der Waals surface area (Å²) in [6.45, 7) is 11.0. The Morgan fingerprint density at radius 3 is 2.50 bits per heavy atom. The van der Waals surface area contributed by atoms with E-state index in [1.54, 1.807) is 18.6 Å². The van der Waals surface area contributed by atoms with Gasteiger partial charge in [0.1, 0.15) is 11.5 Å². The van der Waals surface area contributed by atoms with Gasteiger partial charge in [0.2, 0.25) is 0 Å². The molecule has 5 rings (SSSR count). The zero-order chi connectivity index (χ0) is 25.2. The second-order valence-corrected chi connectivity index (χ2v) is 10.2. The summed E-state index contributed by atoms with van der Waals surface area (Å²) in [6, 6.07) is 10.2. The Bertz CT molecular complexity index is 1210. The molecule has 0 aliphatic carbocycles. The number of nitrogens with zero attached hydrogens (tertiary/aromatic N) is 7. The first-order valence-corrected chi connectivity index (χ1v) is 13.0. The van der Waals surface area contributed by atoms with E-state index in [0.29, 0.717) is 6.54 Å². The number of amides is 1. The molecule has 190 valence electrons. The normalized spacial score (nSPS) is 19.1. The van der Waals surface area contributed by atoms with Gasteiger partial charge in [0.15, 0.2) is 0 Å². The van der Waals surface area contributed by atoms with Crippen LogP contribution < -0.4 is 9.80 Å². The average Bonchev–Trinajstić information content (AvgIpc) is 3.18. The van der Waals surface area contributed by atoms with Gasteiger partial charge in [-0.15, -0.1) is 0 Å². The van der Waals surface area contributed by atoms with Gasteiger partial charge in [-0.2, -0.15) is 0 Å². The second kappa shape index (κ2) is 10.5. The molecule has 2 aromatic heterocycles. The van der Waals surface area contributed by atoms with Gasteiger partial charge in [0.25, 0.3) is 5.91 Å². The molecule has 0 spiro atoms. The molecular formula is C27H34ClN7O. The van der Waals surface area contributed by atoms with Gasteiger partial charge in [-0.05, 0) is 37.6 Å². The number of hydrogen-bond acceptors (Lipinski definition) is 6. The number of carbonyl (C=O) groups excluding carboxylic acids is 1. The van der Waals surface area contributed by atoms with Crippen LogP contribution in [-0.2, 0) is 13.6 Å². The summed E-state index contributed by atoms with van der Waals surface area (Å²) in [5.74, 6) is 0.963. The summed E-state index contributed by atoms with van der Waals surface area (Å²) >= 11 is 6.41. The van der Waals surface area contributed by atoms with Crippen molar-refractivity contribution in [1.29, 1.82) is 0 Å². The van der Waals surface area contributed by atoms with Crippen LogP contribution in [0.2, 0.25) is 5.02 Å². The van der Waals surface area contributed by atoms with Crippen LogP contribution in [0.15, 0.2) is 48.9 Å². The standard InChI is InChI=1S/C27H34ClN7O/c1-20-18-34(26-17-29-8-9-30-26)14-15-35(20)27(36)25-16-22(21(2)31(25)3)19-32-10-12-33(13-11-32)24-7-5-4-6-23(24)28/h4-9,16-17,20H,10-15,18-19H2,1-3H3/t20-/m0/s1. The van der Waals surface area contributed by atoms with Crippen molar-refractivity contribution in [2.24, 2.45) is 7.05 Å². The highest BCUT2D eigenvalue weighted by Crippen LogP contribution is 2.27. The van der Waals surface area contributed by atoms with E-state index in [9.17, 15) is 4.79 Å². The highest BCUT2D eigenvalue weighted by molar-refractivity contribution is 6.33. The monoisotopic (exact) mass is 507 g/mol. The molecule has 4 heterocycles. The van der Waals surface area contributed by atoms with Crippen molar-refractivity contribution < 1.29 is 4.79 Å². The molecule has 0 radical (unpaired) electrons. The third-order valence-electron chi connectivity index (χ3n) is 7.58. The maximum Gasteiger partial charge on any atom is 0.270 e. The maximum atomic E-state index is 13.6. The summed E-state index contributed by atoms with van der Waals surface area (Å²) in [7, 11) is 2.00. The lowest BCUT2D eigenvalue weighted by atomic mass is 10.1. The minimum atomic E-state index is 0.0878. The van der Waals surface area contributed by atoms with Gasteiger partial charge in [-0.25, -0.2) is 4.98 Å². The fourth-order valence-electron chi connectivity index (χ4n) is 5.29. The van der Waals surface area contributed by atoms with E-state index >= 15 is 0 Å². The zero-order valence-electron chi connectivity index (χ0n) is 21.3. The lowest BCUT2D eigenvalue weighted by Crippen LogP contribution is -2.54. The fourth-order valence-corrected chi connectivity index (χ4v) is 5.55. The third kappa shape index (κ3) is 4.92. The summed E-state index contributed by atoms with van der Waals surface area (Å²) in [4.78, 5) is 31.2. The van der Waals surface area contributed by atoms with Gasteiger partial charge in [0, 0.05) is 83.5 Å². The molecule has 2 saturated heterocycles. The van der Waals surface area contributed by atoms with E-state index in [4.69, 9.17) is 11.6 Å². The molecule has 8 nitrogen and oxygen atoms in total. The van der Waals surface area contributed by atoms with Crippen molar-refractivity contribution in [3.05, 3.63) is 70.9 Å². The van der Waals surface area contributed by atoms with Crippen LogP contribution in [0.4, 0.5) is 11.5 Å². The van der Waals surface area contributed by atoms with Crippen LogP contribution in [-0.4, -0.2) is 82.1 Å². The van der Waals surface area contributed by atoms with Crippen molar-refractivity contribution in [2.45, 2.75) is 26.4 Å². The first kappa shape index (κ1) is 24.6. The first-order chi connectivity index (χ1) is 17.4. The lowest BCUT2D eigenvalue weighted by molar-refractivity contribution is 0.0663. The van der Waals surface area contributed by atoms with Gasteiger partial charge >= 0.3 is 0 Å². The Labute approximate surface area is 218 Å².